The lowest BCUT2D eigenvalue weighted by atomic mass is 10.2. The predicted octanol–water partition coefficient (Wildman–Crippen LogP) is 1.29. The molecule has 8 nitrogen and oxygen atoms in total. The van der Waals surface area contributed by atoms with Crippen molar-refractivity contribution >= 4 is 19.3 Å². The lowest BCUT2D eigenvalue weighted by Gasteiger charge is -2.12. The molecule has 1 aromatic rings. The molecule has 0 aliphatic carbocycles. The van der Waals surface area contributed by atoms with Crippen LogP contribution >= 0.6 is 7.60 Å². The van der Waals surface area contributed by atoms with E-state index in [0.29, 0.717) is 0 Å². The number of urea groups is 1. The van der Waals surface area contributed by atoms with Crippen LogP contribution in [0.4, 0.5) is 18.0 Å². The molecule has 0 heterocycles. The zero-order valence-corrected chi connectivity index (χ0v) is 12.3. The van der Waals surface area contributed by atoms with Crippen molar-refractivity contribution in [1.82, 2.24) is 5.43 Å². The maximum Gasteiger partial charge on any atom is 0.416 e. The lowest BCUT2D eigenvalue weighted by Crippen LogP contribution is -2.28. The predicted molar refractivity (Wildman–Crippen MR) is 74.0 cm³/mol. The Balaban J connectivity index is 2.84. The van der Waals surface area contributed by atoms with Gasteiger partial charge in [0.2, 0.25) is 0 Å². The second-order valence-corrected chi connectivity index (χ2v) is 5.94. The van der Waals surface area contributed by atoms with Crippen molar-refractivity contribution < 1.29 is 37.1 Å². The molecule has 0 spiro atoms. The Bertz CT molecular complexity index is 644. The first-order valence-corrected chi connectivity index (χ1v) is 7.72. The van der Waals surface area contributed by atoms with Crippen LogP contribution in [0.3, 0.4) is 0 Å². The van der Waals surface area contributed by atoms with Gasteiger partial charge in [0.25, 0.3) is 0 Å². The van der Waals surface area contributed by atoms with Crippen LogP contribution in [0.25, 0.3) is 0 Å². The van der Waals surface area contributed by atoms with Gasteiger partial charge in [-0.2, -0.15) is 18.3 Å². The lowest BCUT2D eigenvalue weighted by molar-refractivity contribution is -0.137. The molecule has 2 amide bonds. The average molecular weight is 355 g/mol. The van der Waals surface area contributed by atoms with Crippen LogP contribution in [-0.2, 0) is 10.7 Å². The first-order valence-electron chi connectivity index (χ1n) is 5.93. The smallest absolute Gasteiger partial charge is 0.416 e. The zero-order chi connectivity index (χ0) is 17.7. The third-order valence-corrected chi connectivity index (χ3v) is 3.06. The topological polar surface area (TPSA) is 134 Å². The van der Waals surface area contributed by atoms with Crippen LogP contribution in [-0.4, -0.2) is 34.3 Å². The van der Waals surface area contributed by atoms with E-state index in [4.69, 9.17) is 20.3 Å². The highest BCUT2D eigenvalue weighted by atomic mass is 31.2. The molecule has 0 aromatic heterocycles. The molecular formula is C11H13F3N3O5P. The first-order chi connectivity index (χ1) is 10.5. The Morgan fingerprint density at radius 2 is 2.04 bits per heavy atom. The van der Waals surface area contributed by atoms with Crippen molar-refractivity contribution in [2.45, 2.75) is 6.18 Å². The summed E-state index contributed by atoms with van der Waals surface area (Å²) < 4.78 is 53.6. The van der Waals surface area contributed by atoms with Crippen LogP contribution in [0.1, 0.15) is 5.56 Å². The number of halogens is 3. The standard InChI is InChI=1S/C11H13F3N3O5P/c12-11(13,14)7-2-1-3-9(4-7)22-5-8(6-23(19,20)21)16-17-10(15)18/h1-4H,5-6H2,(H3,15,17,18)(H2,19,20,21)/b16-8+. The van der Waals surface area contributed by atoms with Gasteiger partial charge in [0.15, 0.2) is 0 Å². The number of hydrazone groups is 1. The number of nitrogens with two attached hydrogens (primary N) is 1. The largest absolute Gasteiger partial charge is 0.488 e. The summed E-state index contributed by atoms with van der Waals surface area (Å²) in [5.41, 5.74) is 5.28. The minimum atomic E-state index is -4.56. The van der Waals surface area contributed by atoms with Crippen LogP contribution in [0, 0.1) is 0 Å². The Hall–Kier alpha value is -2.10. The van der Waals surface area contributed by atoms with Gasteiger partial charge in [-0.15, -0.1) is 0 Å². The van der Waals surface area contributed by atoms with Crippen molar-refractivity contribution in [2.75, 3.05) is 12.8 Å². The highest BCUT2D eigenvalue weighted by Gasteiger charge is 2.30. The van der Waals surface area contributed by atoms with E-state index in [2.05, 4.69) is 5.10 Å². The summed E-state index contributed by atoms with van der Waals surface area (Å²) in [7, 11) is -4.52. The van der Waals surface area contributed by atoms with Crippen LogP contribution < -0.4 is 15.9 Å². The molecule has 0 bridgehead atoms. The molecule has 5 N–H and O–H groups in total. The quantitative estimate of drug-likeness (QED) is 0.346. The number of nitrogens with one attached hydrogen (secondary N) is 1. The fourth-order valence-corrected chi connectivity index (χ4v) is 2.05. The van der Waals surface area contributed by atoms with Crippen LogP contribution in [0.2, 0.25) is 0 Å². The summed E-state index contributed by atoms with van der Waals surface area (Å²) in [6, 6.07) is 2.82. The third-order valence-electron chi connectivity index (χ3n) is 2.28. The van der Waals surface area contributed by atoms with Gasteiger partial charge in [0.05, 0.1) is 17.4 Å². The summed E-state index contributed by atoms with van der Waals surface area (Å²) in [6.07, 6.45) is -5.41. The second kappa shape index (κ2) is 7.44. The molecule has 1 rings (SSSR count). The fraction of sp³-hybridized carbons (Fsp3) is 0.273. The summed E-state index contributed by atoms with van der Waals surface area (Å²) in [6.45, 7) is -0.549. The number of hydrogen-bond donors (Lipinski definition) is 4. The van der Waals surface area contributed by atoms with E-state index in [9.17, 15) is 22.5 Å². The number of carbonyl (C=O) groups excluding carboxylic acids is 1. The van der Waals surface area contributed by atoms with E-state index in [0.717, 1.165) is 18.2 Å². The van der Waals surface area contributed by atoms with Crippen LogP contribution in [0.15, 0.2) is 29.4 Å². The Kier molecular flexibility index (Phi) is 6.13. The number of rotatable bonds is 6. The minimum absolute atomic E-state index is 0.183. The van der Waals surface area contributed by atoms with Crippen molar-refractivity contribution in [3.05, 3.63) is 29.8 Å². The van der Waals surface area contributed by atoms with Gasteiger partial charge in [-0.3, -0.25) is 4.57 Å². The summed E-state index contributed by atoms with van der Waals surface area (Å²) in [5.74, 6) is -0.183. The molecular weight excluding hydrogens is 342 g/mol. The SMILES string of the molecule is NC(=O)N/N=C(\COc1cccc(C(F)(F)F)c1)CP(=O)(O)O. The van der Waals surface area contributed by atoms with E-state index >= 15 is 0 Å². The van der Waals surface area contributed by atoms with Gasteiger partial charge < -0.3 is 20.3 Å². The van der Waals surface area contributed by atoms with E-state index < -0.39 is 38.1 Å². The van der Waals surface area contributed by atoms with E-state index in [1.807, 2.05) is 0 Å². The van der Waals surface area contributed by atoms with Crippen LogP contribution in [0.5, 0.6) is 5.75 Å². The molecule has 0 fully saturated rings. The molecule has 23 heavy (non-hydrogen) atoms. The monoisotopic (exact) mass is 355 g/mol. The van der Waals surface area contributed by atoms with Gasteiger partial charge in [-0.05, 0) is 18.2 Å². The zero-order valence-electron chi connectivity index (χ0n) is 11.4. The first kappa shape index (κ1) is 18.9. The fourth-order valence-electron chi connectivity index (χ4n) is 1.41. The molecule has 1 aromatic carbocycles. The molecule has 128 valence electrons. The molecule has 0 radical (unpaired) electrons. The van der Waals surface area contributed by atoms with Gasteiger partial charge in [0, 0.05) is 0 Å². The second-order valence-electron chi connectivity index (χ2n) is 4.29. The Labute approximate surface area is 128 Å². The number of alkyl halides is 3. The van der Waals surface area contributed by atoms with E-state index in [1.165, 1.54) is 6.07 Å². The van der Waals surface area contributed by atoms with Gasteiger partial charge in [-0.25, -0.2) is 10.2 Å². The molecule has 0 saturated carbocycles. The number of nitrogens with zero attached hydrogens (tertiary/aromatic N) is 1. The van der Waals surface area contributed by atoms with Crippen molar-refractivity contribution in [2.24, 2.45) is 10.8 Å². The molecule has 0 atom stereocenters. The molecule has 12 heteroatoms. The van der Waals surface area contributed by atoms with E-state index in [-0.39, 0.29) is 11.5 Å². The van der Waals surface area contributed by atoms with Gasteiger partial charge in [0.1, 0.15) is 12.4 Å². The maximum atomic E-state index is 12.6. The highest BCUT2D eigenvalue weighted by molar-refractivity contribution is 7.52. The Morgan fingerprint density at radius 1 is 1.39 bits per heavy atom. The van der Waals surface area contributed by atoms with Crippen molar-refractivity contribution in [3.8, 4) is 5.75 Å². The highest BCUT2D eigenvalue weighted by Crippen LogP contribution is 2.34. The molecule has 0 saturated heterocycles. The summed E-state index contributed by atoms with van der Waals surface area (Å²) in [4.78, 5) is 28.3. The van der Waals surface area contributed by atoms with Gasteiger partial charge >= 0.3 is 19.8 Å². The molecule has 0 unspecified atom stereocenters. The van der Waals surface area contributed by atoms with E-state index in [1.54, 1.807) is 5.43 Å². The van der Waals surface area contributed by atoms with Gasteiger partial charge in [-0.1, -0.05) is 6.07 Å². The maximum absolute atomic E-state index is 12.6. The summed E-state index contributed by atoms with van der Waals surface area (Å²) in [5, 5.41) is 3.35. The van der Waals surface area contributed by atoms with Crippen molar-refractivity contribution in [1.29, 1.82) is 0 Å². The third kappa shape index (κ3) is 7.63. The summed E-state index contributed by atoms with van der Waals surface area (Å²) >= 11 is 0. The number of primary amides is 1. The van der Waals surface area contributed by atoms with Crippen molar-refractivity contribution in [3.63, 3.8) is 0 Å². The number of ether oxygens (including phenoxy) is 1. The number of carbonyl (C=O) groups is 1. The molecule has 0 aliphatic rings. The molecule has 0 aliphatic heterocycles. The normalized spacial score (nSPS) is 12.8. The average Bonchev–Trinajstić information content (AvgIpc) is 2.40. The number of hydrogen-bond acceptors (Lipinski definition) is 4. The Morgan fingerprint density at radius 3 is 2.57 bits per heavy atom. The minimum Gasteiger partial charge on any atom is -0.488 e. The number of amides is 2. The number of benzene rings is 1.